The Labute approximate surface area is 152 Å². The predicted octanol–water partition coefficient (Wildman–Crippen LogP) is 4.19. The minimum Gasteiger partial charge on any atom is -0.449 e. The van der Waals surface area contributed by atoms with Gasteiger partial charge in [0.1, 0.15) is 0 Å². The van der Waals surface area contributed by atoms with E-state index in [1.807, 2.05) is 54.9 Å². The van der Waals surface area contributed by atoms with Crippen LogP contribution in [0.25, 0.3) is 21.2 Å². The first kappa shape index (κ1) is 15.9. The van der Waals surface area contributed by atoms with Gasteiger partial charge in [0.25, 0.3) is 0 Å². The fraction of sp³-hybridized carbons (Fsp3) is 0.111. The molecule has 2 aromatic carbocycles. The first-order valence-corrected chi connectivity index (χ1v) is 8.82. The van der Waals surface area contributed by atoms with E-state index in [4.69, 9.17) is 16.0 Å². The summed E-state index contributed by atoms with van der Waals surface area (Å²) in [5.74, 6) is -0.183. The molecule has 7 heteroatoms. The number of rotatable bonds is 2. The number of carbonyl (C=O) groups is 1. The number of halogens is 1. The number of thiazole rings is 1. The molecule has 0 saturated carbocycles. The third-order valence-electron chi connectivity index (χ3n) is 4.09. The largest absolute Gasteiger partial charge is 0.449 e. The molecule has 1 amide bonds. The number of benzene rings is 2. The van der Waals surface area contributed by atoms with Crippen LogP contribution in [0, 0.1) is 6.92 Å². The summed E-state index contributed by atoms with van der Waals surface area (Å²) < 4.78 is 8.70. The lowest BCUT2D eigenvalue weighted by Crippen LogP contribution is -2.23. The van der Waals surface area contributed by atoms with E-state index in [-0.39, 0.29) is 5.76 Å². The van der Waals surface area contributed by atoms with Gasteiger partial charge in [0.2, 0.25) is 4.80 Å². The van der Waals surface area contributed by atoms with Crippen molar-refractivity contribution in [2.75, 3.05) is 0 Å². The number of aryl methyl sites for hydroxylation is 2. The Balaban J connectivity index is 1.71. The summed E-state index contributed by atoms with van der Waals surface area (Å²) in [6, 6.07) is 13.4. The second-order valence-corrected chi connectivity index (χ2v) is 7.05. The summed E-state index contributed by atoms with van der Waals surface area (Å²) in [7, 11) is 1.91. The minimum atomic E-state index is -0.401. The molecule has 0 saturated heterocycles. The Morgan fingerprint density at radius 2 is 2.04 bits per heavy atom. The number of hydrogen-bond acceptors (Lipinski definition) is 4. The SMILES string of the molecule is Cc1c(C(=O)N/N=c2\sc3ccccc3n2C)oc2c(Cl)cccc12. The summed E-state index contributed by atoms with van der Waals surface area (Å²) in [4.78, 5) is 13.2. The van der Waals surface area contributed by atoms with Crippen molar-refractivity contribution in [1.29, 1.82) is 0 Å². The molecule has 0 atom stereocenters. The van der Waals surface area contributed by atoms with Crippen molar-refractivity contribution in [2.45, 2.75) is 6.92 Å². The smallest absolute Gasteiger partial charge is 0.307 e. The van der Waals surface area contributed by atoms with E-state index in [1.54, 1.807) is 6.07 Å². The predicted molar refractivity (Wildman–Crippen MR) is 99.8 cm³/mol. The fourth-order valence-electron chi connectivity index (χ4n) is 2.76. The molecule has 0 aliphatic heterocycles. The van der Waals surface area contributed by atoms with Crippen molar-refractivity contribution >= 4 is 50.0 Å². The molecule has 25 heavy (non-hydrogen) atoms. The van der Waals surface area contributed by atoms with Gasteiger partial charge in [-0.05, 0) is 25.1 Å². The monoisotopic (exact) mass is 371 g/mol. The molecule has 4 aromatic rings. The Kier molecular flexibility index (Phi) is 3.86. The molecule has 0 unspecified atom stereocenters. The van der Waals surface area contributed by atoms with E-state index in [9.17, 15) is 4.79 Å². The maximum atomic E-state index is 12.5. The molecule has 0 bridgehead atoms. The summed E-state index contributed by atoms with van der Waals surface area (Å²) in [6.45, 7) is 1.83. The zero-order valence-corrected chi connectivity index (χ0v) is 15.1. The molecule has 2 aromatic heterocycles. The Morgan fingerprint density at radius 3 is 2.80 bits per heavy atom. The van der Waals surface area contributed by atoms with Crippen molar-refractivity contribution < 1.29 is 9.21 Å². The topological polar surface area (TPSA) is 59.5 Å². The normalized spacial score (nSPS) is 12.2. The lowest BCUT2D eigenvalue weighted by Gasteiger charge is -1.97. The molecule has 0 fully saturated rings. The van der Waals surface area contributed by atoms with Gasteiger partial charge in [0, 0.05) is 18.0 Å². The molecule has 5 nitrogen and oxygen atoms in total. The number of nitrogens with one attached hydrogen (secondary N) is 1. The van der Waals surface area contributed by atoms with Crippen molar-refractivity contribution in [1.82, 2.24) is 9.99 Å². The number of carbonyl (C=O) groups excluding carboxylic acids is 1. The van der Waals surface area contributed by atoms with Gasteiger partial charge >= 0.3 is 5.91 Å². The van der Waals surface area contributed by atoms with E-state index >= 15 is 0 Å². The van der Waals surface area contributed by atoms with Crippen LogP contribution in [0.3, 0.4) is 0 Å². The molecular weight excluding hydrogens is 358 g/mol. The second kappa shape index (κ2) is 6.06. The van der Waals surface area contributed by atoms with Crippen LogP contribution in [0.1, 0.15) is 16.1 Å². The number of para-hydroxylation sites is 2. The van der Waals surface area contributed by atoms with Crippen LogP contribution in [0.15, 0.2) is 52.0 Å². The summed E-state index contributed by atoms with van der Waals surface area (Å²) >= 11 is 7.64. The molecule has 0 aliphatic rings. The maximum absolute atomic E-state index is 12.5. The average Bonchev–Trinajstić information content (AvgIpc) is 3.12. The summed E-state index contributed by atoms with van der Waals surface area (Å²) in [6.07, 6.45) is 0. The van der Waals surface area contributed by atoms with Crippen molar-refractivity contribution in [3.63, 3.8) is 0 Å². The second-order valence-electron chi connectivity index (χ2n) is 5.64. The number of hydrogen-bond donors (Lipinski definition) is 1. The van der Waals surface area contributed by atoms with Crippen LogP contribution in [0.5, 0.6) is 0 Å². The molecule has 0 aliphatic carbocycles. The summed E-state index contributed by atoms with van der Waals surface area (Å²) in [5.41, 5.74) is 4.89. The number of nitrogens with zero attached hydrogens (tertiary/aromatic N) is 2. The van der Waals surface area contributed by atoms with E-state index in [0.29, 0.717) is 15.4 Å². The van der Waals surface area contributed by atoms with E-state index < -0.39 is 5.91 Å². The summed E-state index contributed by atoms with van der Waals surface area (Å²) in [5, 5.41) is 5.55. The minimum absolute atomic E-state index is 0.218. The van der Waals surface area contributed by atoms with Crippen LogP contribution in [-0.2, 0) is 7.05 Å². The number of aromatic nitrogens is 1. The standard InChI is InChI=1S/C18H14ClN3O2S/c1-10-11-6-5-7-12(19)16(11)24-15(10)17(23)20-21-18-22(2)13-8-3-4-9-14(13)25-18/h3-9H,1-2H3,(H,20,23)/b21-18-. The fourth-order valence-corrected chi connectivity index (χ4v) is 3.96. The van der Waals surface area contributed by atoms with E-state index in [0.717, 1.165) is 21.2 Å². The molecule has 0 radical (unpaired) electrons. The Hall–Kier alpha value is -2.57. The van der Waals surface area contributed by atoms with Gasteiger partial charge < -0.3 is 8.98 Å². The zero-order chi connectivity index (χ0) is 17.6. The lowest BCUT2D eigenvalue weighted by atomic mass is 10.1. The van der Waals surface area contributed by atoms with Gasteiger partial charge in [-0.1, -0.05) is 47.2 Å². The highest BCUT2D eigenvalue weighted by Crippen LogP contribution is 2.30. The quantitative estimate of drug-likeness (QED) is 0.537. The molecule has 0 spiro atoms. The van der Waals surface area contributed by atoms with Crippen LogP contribution in [0.4, 0.5) is 0 Å². The number of furan rings is 1. The van der Waals surface area contributed by atoms with Crippen molar-refractivity contribution in [2.24, 2.45) is 12.1 Å². The first-order valence-electron chi connectivity index (χ1n) is 7.62. The zero-order valence-electron chi connectivity index (χ0n) is 13.5. The van der Waals surface area contributed by atoms with Gasteiger partial charge in [-0.25, -0.2) is 5.43 Å². The van der Waals surface area contributed by atoms with Gasteiger partial charge in [-0.2, -0.15) is 0 Å². The van der Waals surface area contributed by atoms with Crippen LogP contribution in [0.2, 0.25) is 5.02 Å². The molecule has 4 rings (SSSR count). The molecular formula is C18H14ClN3O2S. The average molecular weight is 372 g/mol. The first-order chi connectivity index (χ1) is 12.1. The molecule has 126 valence electrons. The van der Waals surface area contributed by atoms with Gasteiger partial charge in [0.05, 0.1) is 15.2 Å². The number of amides is 1. The maximum Gasteiger partial charge on any atom is 0.307 e. The molecule has 2 heterocycles. The lowest BCUT2D eigenvalue weighted by molar-refractivity contribution is 0.0926. The molecule has 1 N–H and O–H groups in total. The Morgan fingerprint density at radius 1 is 1.24 bits per heavy atom. The number of fused-ring (bicyclic) bond motifs is 2. The highest BCUT2D eigenvalue weighted by molar-refractivity contribution is 7.16. The van der Waals surface area contributed by atoms with Gasteiger partial charge in [-0.15, -0.1) is 5.10 Å². The van der Waals surface area contributed by atoms with Crippen molar-refractivity contribution in [3.05, 3.63) is 63.6 Å². The van der Waals surface area contributed by atoms with Crippen LogP contribution >= 0.6 is 22.9 Å². The Bertz CT molecular complexity index is 1190. The third kappa shape index (κ3) is 2.63. The van der Waals surface area contributed by atoms with Crippen LogP contribution < -0.4 is 10.2 Å². The van der Waals surface area contributed by atoms with E-state index in [1.165, 1.54) is 11.3 Å². The van der Waals surface area contributed by atoms with E-state index in [2.05, 4.69) is 10.5 Å². The highest BCUT2D eigenvalue weighted by Gasteiger charge is 2.18. The van der Waals surface area contributed by atoms with Gasteiger partial charge in [0.15, 0.2) is 11.3 Å². The van der Waals surface area contributed by atoms with Crippen LogP contribution in [-0.4, -0.2) is 10.5 Å². The highest BCUT2D eigenvalue weighted by atomic mass is 35.5. The van der Waals surface area contributed by atoms with Crippen molar-refractivity contribution in [3.8, 4) is 0 Å². The third-order valence-corrected chi connectivity index (χ3v) is 5.50. The van der Waals surface area contributed by atoms with Gasteiger partial charge in [-0.3, -0.25) is 4.79 Å².